The molecule has 0 spiro atoms. The molecule has 3 nitrogen and oxygen atoms in total. The quantitative estimate of drug-likeness (QED) is 0.874. The highest BCUT2D eigenvalue weighted by atomic mass is 35.5. The molecule has 1 unspecified atom stereocenters. The van der Waals surface area contributed by atoms with Gasteiger partial charge in [0.1, 0.15) is 0 Å². The van der Waals surface area contributed by atoms with Crippen LogP contribution in [0.1, 0.15) is 5.56 Å². The third-order valence-corrected chi connectivity index (χ3v) is 2.90. The molecule has 1 atom stereocenters. The second kappa shape index (κ2) is 4.64. The third kappa shape index (κ3) is 2.77. The number of alkyl halides is 1. The van der Waals surface area contributed by atoms with Crippen LogP contribution in [-0.2, 0) is 12.3 Å². The van der Waals surface area contributed by atoms with Gasteiger partial charge in [-0.1, -0.05) is 29.3 Å². The van der Waals surface area contributed by atoms with E-state index in [1.807, 2.05) is 0 Å². The summed E-state index contributed by atoms with van der Waals surface area (Å²) in [5, 5.41) is 0.653. The van der Waals surface area contributed by atoms with Crippen molar-refractivity contribution in [3.8, 4) is 0 Å². The molecule has 17 heavy (non-hydrogen) atoms. The molecular formula is C11H10Cl2FN3. The van der Waals surface area contributed by atoms with Crippen molar-refractivity contribution >= 4 is 23.2 Å². The minimum atomic E-state index is -2.07. The second-order valence-corrected chi connectivity index (χ2v) is 4.57. The van der Waals surface area contributed by atoms with Crippen LogP contribution in [0.15, 0.2) is 36.9 Å². The molecule has 0 amide bonds. The lowest BCUT2D eigenvalue weighted by Crippen LogP contribution is -2.36. The summed E-state index contributed by atoms with van der Waals surface area (Å²) in [5.74, 6) is -2.07. The molecule has 2 rings (SSSR count). The molecule has 0 saturated heterocycles. The molecule has 90 valence electrons. The summed E-state index contributed by atoms with van der Waals surface area (Å²) in [6.45, 7) is -0.0612. The molecule has 1 aromatic heterocycles. The number of halogens is 3. The topological polar surface area (TPSA) is 43.8 Å². The van der Waals surface area contributed by atoms with Gasteiger partial charge in [-0.3, -0.25) is 5.73 Å². The molecule has 0 fully saturated rings. The van der Waals surface area contributed by atoms with Crippen LogP contribution in [0.25, 0.3) is 0 Å². The molecule has 0 aliphatic rings. The van der Waals surface area contributed by atoms with Crippen molar-refractivity contribution in [2.45, 2.75) is 12.3 Å². The summed E-state index contributed by atoms with van der Waals surface area (Å²) in [7, 11) is 0. The normalized spacial score (nSPS) is 14.6. The van der Waals surface area contributed by atoms with Gasteiger partial charge in [0.15, 0.2) is 0 Å². The first-order valence-corrected chi connectivity index (χ1v) is 5.64. The minimum absolute atomic E-state index is 0.0612. The Bertz CT molecular complexity index is 511. The number of rotatable bonds is 3. The molecule has 0 aliphatic heterocycles. The maximum absolute atomic E-state index is 14.4. The van der Waals surface area contributed by atoms with Crippen molar-refractivity contribution < 1.29 is 4.39 Å². The van der Waals surface area contributed by atoms with Gasteiger partial charge in [0.2, 0.25) is 5.79 Å². The van der Waals surface area contributed by atoms with Crippen molar-refractivity contribution in [2.75, 3.05) is 0 Å². The second-order valence-electron chi connectivity index (χ2n) is 3.72. The Balaban J connectivity index is 2.30. The van der Waals surface area contributed by atoms with Crippen LogP contribution >= 0.6 is 23.2 Å². The summed E-state index contributed by atoms with van der Waals surface area (Å²) in [6.07, 6.45) is 4.68. The Labute approximate surface area is 108 Å². The number of benzene rings is 1. The summed E-state index contributed by atoms with van der Waals surface area (Å²) in [4.78, 5) is 3.82. The average molecular weight is 274 g/mol. The van der Waals surface area contributed by atoms with Crippen molar-refractivity contribution in [3.63, 3.8) is 0 Å². The van der Waals surface area contributed by atoms with E-state index >= 15 is 0 Å². The molecule has 2 N–H and O–H groups in total. The van der Waals surface area contributed by atoms with E-state index in [2.05, 4.69) is 4.98 Å². The molecule has 0 bridgehead atoms. The zero-order chi connectivity index (χ0) is 12.5. The summed E-state index contributed by atoms with van der Waals surface area (Å²) in [6, 6.07) is 4.51. The van der Waals surface area contributed by atoms with Gasteiger partial charge in [-0.25, -0.2) is 9.37 Å². The largest absolute Gasteiger partial charge is 0.333 e. The van der Waals surface area contributed by atoms with E-state index in [1.165, 1.54) is 18.5 Å². The van der Waals surface area contributed by atoms with E-state index < -0.39 is 5.79 Å². The van der Waals surface area contributed by atoms with Crippen LogP contribution in [0.3, 0.4) is 0 Å². The highest BCUT2D eigenvalue weighted by Gasteiger charge is 2.29. The van der Waals surface area contributed by atoms with Gasteiger partial charge in [-0.15, -0.1) is 0 Å². The van der Waals surface area contributed by atoms with Gasteiger partial charge in [0.25, 0.3) is 0 Å². The SMILES string of the molecule is NC(F)(Cn1ccnc1)c1ccc(Cl)cc1Cl. The van der Waals surface area contributed by atoms with Crippen LogP contribution < -0.4 is 5.73 Å². The highest BCUT2D eigenvalue weighted by molar-refractivity contribution is 6.35. The van der Waals surface area contributed by atoms with Crippen molar-refractivity contribution in [1.29, 1.82) is 0 Å². The first kappa shape index (κ1) is 12.4. The number of hydrogen-bond donors (Lipinski definition) is 1. The molecule has 0 radical (unpaired) electrons. The minimum Gasteiger partial charge on any atom is -0.333 e. The molecule has 2 aromatic rings. The Morgan fingerprint density at radius 3 is 2.76 bits per heavy atom. The summed E-state index contributed by atoms with van der Waals surface area (Å²) < 4.78 is 15.9. The zero-order valence-corrected chi connectivity index (χ0v) is 10.3. The lowest BCUT2D eigenvalue weighted by atomic mass is 10.1. The van der Waals surface area contributed by atoms with Gasteiger partial charge in [0, 0.05) is 28.0 Å². The van der Waals surface area contributed by atoms with Crippen molar-refractivity contribution in [1.82, 2.24) is 9.55 Å². The standard InChI is InChI=1S/C11H10Cl2FN3/c12-8-1-2-9(10(13)5-8)11(14,15)6-17-4-3-16-7-17/h1-5,7H,6,15H2. The van der Waals surface area contributed by atoms with Crippen LogP contribution in [0.2, 0.25) is 10.0 Å². The molecule has 0 saturated carbocycles. The number of hydrogen-bond acceptors (Lipinski definition) is 2. The van der Waals surface area contributed by atoms with E-state index in [9.17, 15) is 4.39 Å². The van der Waals surface area contributed by atoms with Gasteiger partial charge in [-0.05, 0) is 12.1 Å². The predicted octanol–water partition coefficient (Wildman–Crippen LogP) is 2.97. The maximum Gasteiger partial charge on any atom is 0.204 e. The Hall–Kier alpha value is -1.10. The Kier molecular flexibility index (Phi) is 3.38. The van der Waals surface area contributed by atoms with Gasteiger partial charge >= 0.3 is 0 Å². The molecule has 0 aliphatic carbocycles. The fourth-order valence-electron chi connectivity index (χ4n) is 1.56. The molecule has 1 heterocycles. The highest BCUT2D eigenvalue weighted by Crippen LogP contribution is 2.31. The first-order chi connectivity index (χ1) is 7.99. The fraction of sp³-hybridized carbons (Fsp3) is 0.182. The van der Waals surface area contributed by atoms with Crippen LogP contribution in [0.4, 0.5) is 4.39 Å². The zero-order valence-electron chi connectivity index (χ0n) is 8.78. The number of aromatic nitrogens is 2. The smallest absolute Gasteiger partial charge is 0.204 e. The Morgan fingerprint density at radius 2 is 2.18 bits per heavy atom. The Morgan fingerprint density at radius 1 is 1.41 bits per heavy atom. The number of nitrogens with zero attached hydrogens (tertiary/aromatic N) is 2. The predicted molar refractivity (Wildman–Crippen MR) is 65.7 cm³/mol. The number of imidazole rings is 1. The lowest BCUT2D eigenvalue weighted by Gasteiger charge is -2.22. The molecular weight excluding hydrogens is 264 g/mol. The van der Waals surface area contributed by atoms with E-state index in [0.29, 0.717) is 5.02 Å². The van der Waals surface area contributed by atoms with Gasteiger partial charge in [0.05, 0.1) is 12.9 Å². The lowest BCUT2D eigenvalue weighted by molar-refractivity contribution is 0.145. The monoisotopic (exact) mass is 273 g/mol. The van der Waals surface area contributed by atoms with Crippen molar-refractivity contribution in [3.05, 3.63) is 52.5 Å². The summed E-state index contributed by atoms with van der Waals surface area (Å²) in [5.41, 5.74) is 5.84. The van der Waals surface area contributed by atoms with Crippen molar-refractivity contribution in [2.24, 2.45) is 5.73 Å². The van der Waals surface area contributed by atoms with Crippen LogP contribution in [0.5, 0.6) is 0 Å². The van der Waals surface area contributed by atoms with E-state index in [-0.39, 0.29) is 17.1 Å². The average Bonchev–Trinajstić information content (AvgIpc) is 2.68. The van der Waals surface area contributed by atoms with Crippen LogP contribution in [0, 0.1) is 0 Å². The maximum atomic E-state index is 14.4. The van der Waals surface area contributed by atoms with E-state index in [0.717, 1.165) is 0 Å². The van der Waals surface area contributed by atoms with Gasteiger partial charge in [-0.2, -0.15) is 0 Å². The number of nitrogens with two attached hydrogens (primary N) is 1. The first-order valence-electron chi connectivity index (χ1n) is 4.88. The fourth-order valence-corrected chi connectivity index (χ4v) is 2.12. The summed E-state index contributed by atoms with van der Waals surface area (Å²) >= 11 is 11.7. The van der Waals surface area contributed by atoms with E-state index in [1.54, 1.807) is 23.0 Å². The van der Waals surface area contributed by atoms with E-state index in [4.69, 9.17) is 28.9 Å². The van der Waals surface area contributed by atoms with Gasteiger partial charge < -0.3 is 4.57 Å². The molecule has 6 heteroatoms. The third-order valence-electron chi connectivity index (χ3n) is 2.35. The molecule has 1 aromatic carbocycles. The van der Waals surface area contributed by atoms with Crippen LogP contribution in [-0.4, -0.2) is 9.55 Å².